The number of amides is 1. The van der Waals surface area contributed by atoms with Crippen LogP contribution >= 0.6 is 0 Å². The summed E-state index contributed by atoms with van der Waals surface area (Å²) in [4.78, 5) is 37.6. The Hall–Kier alpha value is -2.42. The first-order valence-electron chi connectivity index (χ1n) is 11.3. The number of carbonyl (C=O) groups is 3. The third-order valence-electron chi connectivity index (χ3n) is 6.92. The highest BCUT2D eigenvalue weighted by atomic mass is 16.5. The van der Waals surface area contributed by atoms with Gasteiger partial charge in [0.1, 0.15) is 0 Å². The van der Waals surface area contributed by atoms with Crippen LogP contribution < -0.4 is 0 Å². The first-order chi connectivity index (χ1) is 15.1. The summed E-state index contributed by atoms with van der Waals surface area (Å²) in [7, 11) is 1.44. The van der Waals surface area contributed by atoms with Crippen molar-refractivity contribution in [1.29, 1.82) is 0 Å². The summed E-state index contributed by atoms with van der Waals surface area (Å²) < 4.78 is 4.73. The molecule has 3 fully saturated rings. The number of carbonyl (C=O) groups excluding carboxylic acids is 2. The van der Waals surface area contributed by atoms with Gasteiger partial charge in [0.05, 0.1) is 24.6 Å². The fraction of sp³-hybridized carbons (Fsp3) is 0.727. The Balaban J connectivity index is 0.000000858. The predicted molar refractivity (Wildman–Crippen MR) is 114 cm³/mol. The van der Waals surface area contributed by atoms with Crippen LogP contribution in [0.5, 0.6) is 0 Å². The van der Waals surface area contributed by atoms with E-state index in [2.05, 4.69) is 20.0 Å². The summed E-state index contributed by atoms with van der Waals surface area (Å²) in [6, 6.07) is 0.714. The zero-order valence-electron chi connectivity index (χ0n) is 18.3. The molecule has 4 rings (SSSR count). The van der Waals surface area contributed by atoms with Crippen LogP contribution in [0.1, 0.15) is 79.8 Å². The molecule has 2 aliphatic heterocycles. The predicted octanol–water partition coefficient (Wildman–Crippen LogP) is 2.40. The van der Waals surface area contributed by atoms with Crippen LogP contribution in [-0.4, -0.2) is 82.3 Å². The molecule has 0 radical (unpaired) electrons. The largest absolute Gasteiger partial charge is 0.483 e. The number of likely N-dealkylation sites (tertiary alicyclic amines) is 2. The van der Waals surface area contributed by atoms with Gasteiger partial charge < -0.3 is 14.7 Å². The number of nitrogens with zero attached hydrogens (tertiary/aromatic N) is 3. The van der Waals surface area contributed by atoms with Gasteiger partial charge in [0, 0.05) is 37.5 Å². The minimum atomic E-state index is -0.250. The monoisotopic (exact) mass is 434 g/mol. The van der Waals surface area contributed by atoms with Crippen molar-refractivity contribution >= 4 is 18.3 Å². The van der Waals surface area contributed by atoms with Gasteiger partial charge in [0.2, 0.25) is 0 Å². The number of ether oxygens (including phenoxy) is 1. The molecule has 9 heteroatoms. The Bertz CT molecular complexity index is 746. The minimum absolute atomic E-state index is 0.144. The number of fused-ring (bicyclic) bond motifs is 1. The average Bonchev–Trinajstić information content (AvgIpc) is 3.51. The molecule has 1 aromatic heterocycles. The summed E-state index contributed by atoms with van der Waals surface area (Å²) in [6.45, 7) is 2.47. The minimum Gasteiger partial charge on any atom is -0.483 e. The second-order valence-corrected chi connectivity index (χ2v) is 8.56. The van der Waals surface area contributed by atoms with E-state index in [0.717, 1.165) is 63.0 Å². The molecule has 0 spiro atoms. The molecule has 1 amide bonds. The van der Waals surface area contributed by atoms with Crippen LogP contribution in [-0.2, 0) is 14.3 Å². The van der Waals surface area contributed by atoms with Gasteiger partial charge in [0.15, 0.2) is 0 Å². The maximum Gasteiger partial charge on any atom is 0.305 e. The lowest BCUT2D eigenvalue weighted by Crippen LogP contribution is -2.40. The Kier molecular flexibility index (Phi) is 8.45. The van der Waals surface area contributed by atoms with Crippen LogP contribution in [0.3, 0.4) is 0 Å². The number of nitrogens with one attached hydrogen (secondary N) is 1. The summed E-state index contributed by atoms with van der Waals surface area (Å²) in [6.07, 6.45) is 11.2. The van der Waals surface area contributed by atoms with Crippen LogP contribution in [0, 0.1) is 0 Å². The van der Waals surface area contributed by atoms with E-state index in [-0.39, 0.29) is 18.3 Å². The molecular formula is C22H34N4O5. The second-order valence-electron chi connectivity index (χ2n) is 8.56. The van der Waals surface area contributed by atoms with Gasteiger partial charge in [0.25, 0.3) is 12.4 Å². The van der Waals surface area contributed by atoms with E-state index in [1.807, 2.05) is 0 Å². The molecule has 1 aliphatic carbocycles. The second kappa shape index (κ2) is 11.3. The zero-order valence-corrected chi connectivity index (χ0v) is 18.3. The number of methoxy groups -OCH3 is 1. The van der Waals surface area contributed by atoms with Crippen molar-refractivity contribution in [2.75, 3.05) is 26.7 Å². The van der Waals surface area contributed by atoms with Crippen LogP contribution in [0.25, 0.3) is 0 Å². The lowest BCUT2D eigenvalue weighted by molar-refractivity contribution is -0.140. The van der Waals surface area contributed by atoms with Gasteiger partial charge in [-0.15, -0.1) is 0 Å². The Morgan fingerprint density at radius 1 is 1.19 bits per heavy atom. The van der Waals surface area contributed by atoms with Gasteiger partial charge in [-0.25, -0.2) is 0 Å². The van der Waals surface area contributed by atoms with Crippen molar-refractivity contribution in [2.45, 2.75) is 75.8 Å². The molecule has 3 aliphatic rings. The fourth-order valence-corrected chi connectivity index (χ4v) is 5.46. The molecule has 0 aromatic carbocycles. The maximum atomic E-state index is 13.3. The number of aromatic amines is 1. The zero-order chi connectivity index (χ0) is 22.2. The average molecular weight is 435 g/mol. The summed E-state index contributed by atoms with van der Waals surface area (Å²) in [5.74, 6) is 0.458. The number of hydrogen-bond donors (Lipinski definition) is 2. The smallest absolute Gasteiger partial charge is 0.305 e. The molecule has 172 valence electrons. The normalized spacial score (nSPS) is 23.7. The van der Waals surface area contributed by atoms with Crippen molar-refractivity contribution in [3.63, 3.8) is 0 Å². The molecule has 2 saturated heterocycles. The molecule has 2 N–H and O–H groups in total. The standard InChI is InChI=1S/C21H32N4O3.CH2O2/c1-28-19(26)8-5-11-24-12-9-18-17(24)10-13-25(18)21(27)16-14-22-23-20(16)15-6-3-2-4-7-15;2-1-3/h14-15,17-18H,2-13H2,1H3,(H,22,23);1H,(H,2,3)/t17-,18-;/m0./s1. The summed E-state index contributed by atoms with van der Waals surface area (Å²) in [5, 5.41) is 14.3. The highest BCUT2D eigenvalue weighted by Gasteiger charge is 2.44. The molecule has 31 heavy (non-hydrogen) atoms. The van der Waals surface area contributed by atoms with E-state index in [1.54, 1.807) is 6.20 Å². The number of rotatable bonds is 6. The van der Waals surface area contributed by atoms with Crippen LogP contribution in [0.4, 0.5) is 0 Å². The first kappa shape index (κ1) is 23.2. The van der Waals surface area contributed by atoms with Gasteiger partial charge >= 0.3 is 5.97 Å². The van der Waals surface area contributed by atoms with Gasteiger partial charge in [-0.3, -0.25) is 24.4 Å². The van der Waals surface area contributed by atoms with E-state index in [9.17, 15) is 9.59 Å². The van der Waals surface area contributed by atoms with Crippen LogP contribution in [0.2, 0.25) is 0 Å². The van der Waals surface area contributed by atoms with Gasteiger partial charge in [-0.2, -0.15) is 5.10 Å². The number of H-pyrrole nitrogens is 1. The van der Waals surface area contributed by atoms with E-state index in [0.29, 0.717) is 24.4 Å². The van der Waals surface area contributed by atoms with E-state index >= 15 is 0 Å². The molecule has 9 nitrogen and oxygen atoms in total. The van der Waals surface area contributed by atoms with E-state index in [1.165, 1.54) is 26.4 Å². The number of aromatic nitrogens is 2. The van der Waals surface area contributed by atoms with E-state index in [4.69, 9.17) is 14.6 Å². The molecule has 0 unspecified atom stereocenters. The molecule has 3 heterocycles. The lowest BCUT2D eigenvalue weighted by atomic mass is 9.85. The Morgan fingerprint density at radius 3 is 2.61 bits per heavy atom. The maximum absolute atomic E-state index is 13.3. The Labute approximate surface area is 183 Å². The molecular weight excluding hydrogens is 400 g/mol. The topological polar surface area (TPSA) is 116 Å². The quantitative estimate of drug-likeness (QED) is 0.522. The third-order valence-corrected chi connectivity index (χ3v) is 6.92. The lowest BCUT2D eigenvalue weighted by Gasteiger charge is -2.27. The highest BCUT2D eigenvalue weighted by molar-refractivity contribution is 5.95. The molecule has 0 bridgehead atoms. The van der Waals surface area contributed by atoms with Crippen molar-refractivity contribution < 1.29 is 24.2 Å². The highest BCUT2D eigenvalue weighted by Crippen LogP contribution is 2.36. The number of carboxylic acid groups (broad SMARTS) is 1. The SMILES string of the molecule is COC(=O)CCCN1CC[C@H]2[C@@H]1CCN2C(=O)c1cn[nH]c1C1CCCCC1.O=CO. The molecule has 1 saturated carbocycles. The summed E-state index contributed by atoms with van der Waals surface area (Å²) >= 11 is 0. The Morgan fingerprint density at radius 2 is 1.90 bits per heavy atom. The van der Waals surface area contributed by atoms with Crippen molar-refractivity contribution in [1.82, 2.24) is 20.0 Å². The third kappa shape index (κ3) is 5.44. The molecule has 2 atom stereocenters. The van der Waals surface area contributed by atoms with Gasteiger partial charge in [-0.05, 0) is 38.6 Å². The summed E-state index contributed by atoms with van der Waals surface area (Å²) in [5.41, 5.74) is 1.85. The van der Waals surface area contributed by atoms with E-state index < -0.39 is 0 Å². The fourth-order valence-electron chi connectivity index (χ4n) is 5.46. The molecule has 1 aromatic rings. The van der Waals surface area contributed by atoms with Crippen molar-refractivity contribution in [2.24, 2.45) is 0 Å². The van der Waals surface area contributed by atoms with Crippen LogP contribution in [0.15, 0.2) is 6.20 Å². The van der Waals surface area contributed by atoms with Crippen molar-refractivity contribution in [3.05, 3.63) is 17.5 Å². The van der Waals surface area contributed by atoms with Crippen molar-refractivity contribution in [3.8, 4) is 0 Å². The first-order valence-corrected chi connectivity index (χ1v) is 11.3. The van der Waals surface area contributed by atoms with Gasteiger partial charge in [-0.1, -0.05) is 19.3 Å². The number of hydrogen-bond acceptors (Lipinski definition) is 6. The number of esters is 1.